The van der Waals surface area contributed by atoms with Crippen molar-refractivity contribution < 1.29 is 0 Å². The number of fused-ring (bicyclic) bond motifs is 1. The number of rotatable bonds is 7. The van der Waals surface area contributed by atoms with E-state index in [1.165, 1.54) is 47.1 Å². The lowest BCUT2D eigenvalue weighted by molar-refractivity contribution is 0.269. The molecule has 0 aliphatic carbocycles. The number of piperidine rings is 1. The van der Waals surface area contributed by atoms with Crippen LogP contribution in [0.2, 0.25) is 0 Å². The second-order valence-electron chi connectivity index (χ2n) is 9.32. The first-order valence-corrected chi connectivity index (χ1v) is 12.6. The fourth-order valence-corrected chi connectivity index (χ4v) is 4.89. The van der Waals surface area contributed by atoms with Crippen molar-refractivity contribution in [1.29, 1.82) is 0 Å². The number of hydrogen-bond donors (Lipinski definition) is 3. The molecule has 3 N–H and O–H groups in total. The molecule has 0 amide bonds. The number of hydrogen-bond acceptors (Lipinski definition) is 5. The lowest BCUT2D eigenvalue weighted by Gasteiger charge is -2.37. The molecule has 1 fully saturated rings. The Hall–Kier alpha value is -3.41. The van der Waals surface area contributed by atoms with Gasteiger partial charge >= 0.3 is 0 Å². The Labute approximate surface area is 202 Å². The monoisotopic (exact) mass is 456 g/mol. The third-order valence-corrected chi connectivity index (χ3v) is 6.89. The highest BCUT2D eigenvalue weighted by Crippen LogP contribution is 2.21. The van der Waals surface area contributed by atoms with Gasteiger partial charge in [0, 0.05) is 55.0 Å². The molecule has 2 aliphatic rings. The van der Waals surface area contributed by atoms with Gasteiger partial charge in [0.25, 0.3) is 0 Å². The van der Waals surface area contributed by atoms with E-state index in [2.05, 4.69) is 100 Å². The van der Waals surface area contributed by atoms with Crippen molar-refractivity contribution in [3.8, 4) is 0 Å². The maximum absolute atomic E-state index is 5.09. The Kier molecular flexibility index (Phi) is 6.74. The average molecular weight is 457 g/mol. The zero-order chi connectivity index (χ0) is 23.3. The summed E-state index contributed by atoms with van der Waals surface area (Å²) in [6.45, 7) is 8.34. The Morgan fingerprint density at radius 2 is 1.85 bits per heavy atom. The summed E-state index contributed by atoms with van der Waals surface area (Å²) in [6.07, 6.45) is 9.08. The molecule has 0 radical (unpaired) electrons. The molecule has 2 aliphatic heterocycles. The topological polar surface area (TPSA) is 58.7 Å². The van der Waals surface area contributed by atoms with Crippen LogP contribution < -0.4 is 10.6 Å². The van der Waals surface area contributed by atoms with Crippen molar-refractivity contribution in [3.63, 3.8) is 0 Å². The van der Waals surface area contributed by atoms with Gasteiger partial charge in [0.1, 0.15) is 12.0 Å². The van der Waals surface area contributed by atoms with Crippen LogP contribution >= 0.6 is 0 Å². The summed E-state index contributed by atoms with van der Waals surface area (Å²) in [5, 5.41) is 8.61. The molecule has 0 saturated carbocycles. The zero-order valence-corrected chi connectivity index (χ0v) is 20.3. The minimum absolute atomic E-state index is 0.0991. The summed E-state index contributed by atoms with van der Waals surface area (Å²) in [5.74, 6) is 2.13. The van der Waals surface area contributed by atoms with Crippen molar-refractivity contribution in [2.75, 3.05) is 31.5 Å². The van der Waals surface area contributed by atoms with E-state index in [4.69, 9.17) is 4.99 Å². The number of guanidine groups is 1. The number of aliphatic imine (C=N–C) groups is 1. The third kappa shape index (κ3) is 5.06. The minimum atomic E-state index is -0.0991. The highest BCUT2D eigenvalue weighted by Gasteiger charge is 2.24. The number of para-hydroxylation sites is 1. The van der Waals surface area contributed by atoms with Gasteiger partial charge in [-0.15, -0.1) is 0 Å². The predicted octanol–water partition coefficient (Wildman–Crippen LogP) is 5.07. The molecule has 0 spiro atoms. The molecule has 3 aromatic rings. The summed E-state index contributed by atoms with van der Waals surface area (Å²) in [7, 11) is 0. The molecule has 5 rings (SSSR count). The number of H-pyrrole nitrogens is 1. The van der Waals surface area contributed by atoms with E-state index in [9.17, 15) is 0 Å². The van der Waals surface area contributed by atoms with E-state index >= 15 is 0 Å². The van der Waals surface area contributed by atoms with Gasteiger partial charge in [0.2, 0.25) is 5.96 Å². The van der Waals surface area contributed by atoms with E-state index < -0.39 is 0 Å². The Morgan fingerprint density at radius 1 is 1.06 bits per heavy atom. The molecule has 34 heavy (non-hydrogen) atoms. The largest absolute Gasteiger partial charge is 0.361 e. The van der Waals surface area contributed by atoms with Crippen LogP contribution in [0.1, 0.15) is 37.3 Å². The van der Waals surface area contributed by atoms with Crippen LogP contribution in [-0.4, -0.2) is 53.1 Å². The molecule has 178 valence electrons. The van der Waals surface area contributed by atoms with Gasteiger partial charge in [0.15, 0.2) is 0 Å². The van der Waals surface area contributed by atoms with E-state index in [-0.39, 0.29) is 6.17 Å². The minimum Gasteiger partial charge on any atom is -0.361 e. The van der Waals surface area contributed by atoms with Crippen LogP contribution in [0.15, 0.2) is 71.6 Å². The lowest BCUT2D eigenvalue weighted by atomic mass is 10.1. The second kappa shape index (κ2) is 10.2. The summed E-state index contributed by atoms with van der Waals surface area (Å²) in [4.78, 5) is 13.3. The van der Waals surface area contributed by atoms with E-state index in [1.54, 1.807) is 0 Å². The quantitative estimate of drug-likeness (QED) is 0.465. The summed E-state index contributed by atoms with van der Waals surface area (Å²) in [5.41, 5.74) is 4.91. The maximum atomic E-state index is 5.09. The Balaban J connectivity index is 1.35. The fraction of sp³-hybridized carbons (Fsp3) is 0.393. The smallest absolute Gasteiger partial charge is 0.201 e. The normalized spacial score (nSPS) is 18.3. The standard InChI is InChI=1S/C28H36N6/c1-3-33(18-15-22-20-29-25-10-6-5-9-24(22)25)28-31-26(30-23-13-11-21(2)12-14-23)19-27(32-28)34-16-7-4-8-17-34/h5-6,9-14,19-20,26,29-30H,3-4,7-8,15-18H2,1-2H3,(H,31,32). The van der Waals surface area contributed by atoms with E-state index in [0.29, 0.717) is 0 Å². The average Bonchev–Trinajstić information content (AvgIpc) is 3.29. The summed E-state index contributed by atoms with van der Waals surface area (Å²) in [6, 6.07) is 17.1. The molecule has 6 nitrogen and oxygen atoms in total. The number of likely N-dealkylation sites (tertiary alicyclic amines) is 1. The maximum Gasteiger partial charge on any atom is 0.201 e. The van der Waals surface area contributed by atoms with Crippen molar-refractivity contribution in [2.24, 2.45) is 4.99 Å². The number of likely N-dealkylation sites (N-methyl/N-ethyl adjacent to an activating group) is 1. The molecule has 1 atom stereocenters. The number of nitrogens with zero attached hydrogens (tertiary/aromatic N) is 3. The van der Waals surface area contributed by atoms with Crippen LogP contribution in [0, 0.1) is 6.92 Å². The van der Waals surface area contributed by atoms with Gasteiger partial charge in [0.05, 0.1) is 0 Å². The number of benzene rings is 2. The highest BCUT2D eigenvalue weighted by atomic mass is 15.4. The SMILES string of the molecule is CCN(CCc1c[nH]c2ccccc12)C1=NC(Nc2ccc(C)cc2)C=C(N2CCCCC2)N1. The number of aryl methyl sites for hydroxylation is 1. The number of nitrogens with one attached hydrogen (secondary N) is 3. The van der Waals surface area contributed by atoms with Gasteiger partial charge in [-0.25, -0.2) is 4.99 Å². The van der Waals surface area contributed by atoms with Gasteiger partial charge in [-0.2, -0.15) is 0 Å². The molecule has 6 heteroatoms. The van der Waals surface area contributed by atoms with Crippen molar-refractivity contribution in [3.05, 3.63) is 77.8 Å². The zero-order valence-electron chi connectivity index (χ0n) is 20.3. The molecule has 1 unspecified atom stereocenters. The van der Waals surface area contributed by atoms with Gasteiger partial charge < -0.3 is 25.4 Å². The summed E-state index contributed by atoms with van der Waals surface area (Å²) < 4.78 is 0. The second-order valence-corrected chi connectivity index (χ2v) is 9.32. The van der Waals surface area contributed by atoms with E-state index in [0.717, 1.165) is 44.2 Å². The molecule has 3 heterocycles. The molecular weight excluding hydrogens is 420 g/mol. The van der Waals surface area contributed by atoms with Crippen LogP contribution in [0.4, 0.5) is 5.69 Å². The van der Waals surface area contributed by atoms with Crippen molar-refractivity contribution >= 4 is 22.5 Å². The highest BCUT2D eigenvalue weighted by molar-refractivity contribution is 5.84. The summed E-state index contributed by atoms with van der Waals surface area (Å²) >= 11 is 0. The predicted molar refractivity (Wildman–Crippen MR) is 142 cm³/mol. The van der Waals surface area contributed by atoms with Crippen LogP contribution in [0.3, 0.4) is 0 Å². The first-order chi connectivity index (χ1) is 16.7. The number of aromatic amines is 1. The van der Waals surface area contributed by atoms with Crippen LogP contribution in [0.25, 0.3) is 10.9 Å². The number of aromatic nitrogens is 1. The molecule has 1 saturated heterocycles. The fourth-order valence-electron chi connectivity index (χ4n) is 4.89. The van der Waals surface area contributed by atoms with Crippen molar-refractivity contribution in [2.45, 2.75) is 45.7 Å². The van der Waals surface area contributed by atoms with Crippen molar-refractivity contribution in [1.82, 2.24) is 20.1 Å². The van der Waals surface area contributed by atoms with Crippen LogP contribution in [0.5, 0.6) is 0 Å². The Bertz CT molecular complexity index is 1150. The molecular formula is C28H36N6. The Morgan fingerprint density at radius 3 is 2.65 bits per heavy atom. The lowest BCUT2D eigenvalue weighted by Crippen LogP contribution is -2.49. The van der Waals surface area contributed by atoms with Gasteiger partial charge in [-0.05, 0) is 63.3 Å². The van der Waals surface area contributed by atoms with Gasteiger partial charge in [-0.1, -0.05) is 35.9 Å². The number of anilines is 1. The first kappa shape index (κ1) is 22.4. The molecule has 2 aromatic carbocycles. The molecule has 0 bridgehead atoms. The third-order valence-electron chi connectivity index (χ3n) is 6.89. The molecule has 1 aromatic heterocycles. The van der Waals surface area contributed by atoms with Gasteiger partial charge in [-0.3, -0.25) is 0 Å². The first-order valence-electron chi connectivity index (χ1n) is 12.6. The van der Waals surface area contributed by atoms with Crippen LogP contribution in [-0.2, 0) is 6.42 Å². The van der Waals surface area contributed by atoms with E-state index in [1.807, 2.05) is 0 Å².